The Morgan fingerprint density at radius 3 is 2.57 bits per heavy atom. The van der Waals surface area contributed by atoms with Crippen LogP contribution in [0, 0.1) is 25.5 Å². The van der Waals surface area contributed by atoms with E-state index in [1.54, 1.807) is 6.08 Å². The maximum Gasteiger partial charge on any atom is 0.363 e. The Bertz CT molecular complexity index is 869. The third kappa shape index (κ3) is 3.04. The first kappa shape index (κ1) is 15.1. The molecule has 0 radical (unpaired) electrons. The molecular weight excluding hydrogens is 300 g/mol. The lowest BCUT2D eigenvalue weighted by Crippen LogP contribution is -2.07. The lowest BCUT2D eigenvalue weighted by Gasteiger charge is -2.01. The molecule has 0 unspecified atom stereocenters. The van der Waals surface area contributed by atoms with Gasteiger partial charge in [-0.1, -0.05) is 23.8 Å². The van der Waals surface area contributed by atoms with Gasteiger partial charge in [-0.2, -0.15) is 0 Å². The van der Waals surface area contributed by atoms with Crippen molar-refractivity contribution in [2.75, 3.05) is 0 Å². The summed E-state index contributed by atoms with van der Waals surface area (Å²) in [7, 11) is 0. The molecule has 0 amide bonds. The Hall–Kier alpha value is -2.82. The number of hydrogen-bond acceptors (Lipinski definition) is 3. The second-order valence-corrected chi connectivity index (χ2v) is 5.32. The van der Waals surface area contributed by atoms with Crippen LogP contribution in [0.25, 0.3) is 6.08 Å². The predicted molar refractivity (Wildman–Crippen MR) is 82.9 cm³/mol. The zero-order valence-electron chi connectivity index (χ0n) is 12.6. The molecule has 5 heteroatoms. The van der Waals surface area contributed by atoms with Crippen molar-refractivity contribution in [1.29, 1.82) is 0 Å². The van der Waals surface area contributed by atoms with Crippen LogP contribution in [0.5, 0.6) is 0 Å². The van der Waals surface area contributed by atoms with E-state index in [4.69, 9.17) is 4.74 Å². The summed E-state index contributed by atoms with van der Waals surface area (Å²) < 4.78 is 31.7. The van der Waals surface area contributed by atoms with Gasteiger partial charge in [0.1, 0.15) is 11.6 Å². The Morgan fingerprint density at radius 1 is 1.09 bits per heavy atom. The molecule has 1 aliphatic heterocycles. The van der Waals surface area contributed by atoms with E-state index in [0.717, 1.165) is 28.8 Å². The Kier molecular flexibility index (Phi) is 3.78. The quantitative estimate of drug-likeness (QED) is 0.622. The van der Waals surface area contributed by atoms with Crippen LogP contribution in [0.2, 0.25) is 0 Å². The van der Waals surface area contributed by atoms with Crippen LogP contribution in [-0.4, -0.2) is 11.9 Å². The van der Waals surface area contributed by atoms with Crippen molar-refractivity contribution in [3.63, 3.8) is 0 Å². The topological polar surface area (TPSA) is 38.7 Å². The van der Waals surface area contributed by atoms with Crippen molar-refractivity contribution in [2.45, 2.75) is 13.8 Å². The lowest BCUT2D eigenvalue weighted by atomic mass is 10.0. The number of carbonyl (C=O) groups is 1. The average Bonchev–Trinajstić information content (AvgIpc) is 2.83. The molecule has 0 saturated heterocycles. The van der Waals surface area contributed by atoms with Gasteiger partial charge < -0.3 is 4.74 Å². The van der Waals surface area contributed by atoms with E-state index in [2.05, 4.69) is 4.99 Å². The molecule has 0 saturated carbocycles. The number of halogens is 2. The Balaban J connectivity index is 1.99. The second-order valence-electron chi connectivity index (χ2n) is 5.32. The van der Waals surface area contributed by atoms with Crippen molar-refractivity contribution < 1.29 is 18.3 Å². The van der Waals surface area contributed by atoms with Crippen LogP contribution in [0.15, 0.2) is 47.1 Å². The van der Waals surface area contributed by atoms with Crippen LogP contribution in [0.4, 0.5) is 8.78 Å². The van der Waals surface area contributed by atoms with E-state index in [1.165, 1.54) is 6.07 Å². The zero-order valence-corrected chi connectivity index (χ0v) is 12.6. The first-order valence-corrected chi connectivity index (χ1v) is 6.99. The Morgan fingerprint density at radius 2 is 1.87 bits per heavy atom. The molecule has 0 spiro atoms. The third-order valence-corrected chi connectivity index (χ3v) is 3.50. The van der Waals surface area contributed by atoms with Gasteiger partial charge in [0.05, 0.1) is 5.56 Å². The molecule has 2 aromatic carbocycles. The van der Waals surface area contributed by atoms with Crippen LogP contribution < -0.4 is 0 Å². The number of ether oxygens (including phenoxy) is 1. The maximum absolute atomic E-state index is 13.8. The number of esters is 1. The van der Waals surface area contributed by atoms with E-state index >= 15 is 0 Å². The molecule has 116 valence electrons. The predicted octanol–water partition coefficient (Wildman–Crippen LogP) is 3.93. The Labute approximate surface area is 131 Å². The minimum Gasteiger partial charge on any atom is -0.402 e. The molecule has 1 heterocycles. The highest BCUT2D eigenvalue weighted by Gasteiger charge is 2.26. The second kappa shape index (κ2) is 5.76. The number of cyclic esters (lactones) is 1. The smallest absolute Gasteiger partial charge is 0.363 e. The van der Waals surface area contributed by atoms with Gasteiger partial charge in [0.15, 0.2) is 5.70 Å². The standard InChI is InChI=1S/C18H13F2NO2/c1-10-3-4-12(11(2)7-10)8-16-18(22)23-17(21-16)14-6-5-13(19)9-15(14)20/h3-9H,1-2H3/b16-8+. The van der Waals surface area contributed by atoms with Gasteiger partial charge >= 0.3 is 5.97 Å². The minimum absolute atomic E-state index is 0.0521. The molecular formula is C18H13F2NO2. The largest absolute Gasteiger partial charge is 0.402 e. The van der Waals surface area contributed by atoms with Crippen molar-refractivity contribution in [1.82, 2.24) is 0 Å². The number of benzene rings is 2. The summed E-state index contributed by atoms with van der Waals surface area (Å²) >= 11 is 0. The lowest BCUT2D eigenvalue weighted by molar-refractivity contribution is -0.129. The summed E-state index contributed by atoms with van der Waals surface area (Å²) in [6, 6.07) is 8.77. The third-order valence-electron chi connectivity index (χ3n) is 3.50. The maximum atomic E-state index is 13.8. The number of carbonyl (C=O) groups excluding carboxylic acids is 1. The molecule has 0 aliphatic carbocycles. The number of nitrogens with zero attached hydrogens (tertiary/aromatic N) is 1. The van der Waals surface area contributed by atoms with Gasteiger partial charge in [-0.05, 0) is 43.2 Å². The SMILES string of the molecule is Cc1ccc(/C=C2/N=C(c3ccc(F)cc3F)OC2=O)c(C)c1. The van der Waals surface area contributed by atoms with Crippen molar-refractivity contribution in [2.24, 2.45) is 4.99 Å². The highest BCUT2D eigenvalue weighted by Crippen LogP contribution is 2.22. The van der Waals surface area contributed by atoms with Crippen molar-refractivity contribution in [3.05, 3.63) is 76.0 Å². The van der Waals surface area contributed by atoms with Gasteiger partial charge in [0, 0.05) is 6.07 Å². The van der Waals surface area contributed by atoms with Gasteiger partial charge in [-0.25, -0.2) is 18.6 Å². The molecule has 0 bridgehead atoms. The molecule has 2 aromatic rings. The molecule has 0 aromatic heterocycles. The number of aryl methyl sites for hydroxylation is 2. The number of rotatable bonds is 2. The molecule has 0 fully saturated rings. The van der Waals surface area contributed by atoms with Crippen LogP contribution >= 0.6 is 0 Å². The molecule has 0 atom stereocenters. The van der Waals surface area contributed by atoms with E-state index in [-0.39, 0.29) is 17.2 Å². The first-order chi connectivity index (χ1) is 10.9. The van der Waals surface area contributed by atoms with E-state index in [9.17, 15) is 13.6 Å². The summed E-state index contributed by atoms with van der Waals surface area (Å²) in [5, 5.41) is 0. The molecule has 23 heavy (non-hydrogen) atoms. The molecule has 0 N–H and O–H groups in total. The minimum atomic E-state index is -0.829. The summed E-state index contributed by atoms with van der Waals surface area (Å²) in [5.74, 6) is -2.36. The summed E-state index contributed by atoms with van der Waals surface area (Å²) in [4.78, 5) is 15.9. The number of hydrogen-bond donors (Lipinski definition) is 0. The van der Waals surface area contributed by atoms with Crippen molar-refractivity contribution >= 4 is 17.9 Å². The van der Waals surface area contributed by atoms with E-state index in [1.807, 2.05) is 32.0 Å². The van der Waals surface area contributed by atoms with Gasteiger partial charge in [-0.3, -0.25) is 0 Å². The summed E-state index contributed by atoms with van der Waals surface area (Å²) in [6.45, 7) is 3.89. The zero-order chi connectivity index (χ0) is 16.6. The van der Waals surface area contributed by atoms with Crippen molar-refractivity contribution in [3.8, 4) is 0 Å². The van der Waals surface area contributed by atoms with E-state index < -0.39 is 17.6 Å². The van der Waals surface area contributed by atoms with Crippen LogP contribution in [-0.2, 0) is 9.53 Å². The fraction of sp³-hybridized carbons (Fsp3) is 0.111. The molecule has 3 nitrogen and oxygen atoms in total. The highest BCUT2D eigenvalue weighted by atomic mass is 19.1. The highest BCUT2D eigenvalue weighted by molar-refractivity contribution is 6.13. The first-order valence-electron chi connectivity index (χ1n) is 6.99. The van der Waals surface area contributed by atoms with Gasteiger partial charge in [0.25, 0.3) is 0 Å². The molecule has 1 aliphatic rings. The average molecular weight is 313 g/mol. The number of aliphatic imine (C=N–C) groups is 1. The monoisotopic (exact) mass is 313 g/mol. The fourth-order valence-corrected chi connectivity index (χ4v) is 2.32. The summed E-state index contributed by atoms with van der Waals surface area (Å²) in [5.41, 5.74) is 2.95. The summed E-state index contributed by atoms with van der Waals surface area (Å²) in [6.07, 6.45) is 1.59. The fourth-order valence-electron chi connectivity index (χ4n) is 2.32. The van der Waals surface area contributed by atoms with Gasteiger partial charge in [-0.15, -0.1) is 0 Å². The van der Waals surface area contributed by atoms with Crippen LogP contribution in [0.1, 0.15) is 22.3 Å². The van der Waals surface area contributed by atoms with Gasteiger partial charge in [0.2, 0.25) is 5.90 Å². The van der Waals surface area contributed by atoms with Crippen LogP contribution in [0.3, 0.4) is 0 Å². The normalized spacial score (nSPS) is 15.7. The molecule has 3 rings (SSSR count). The van der Waals surface area contributed by atoms with E-state index in [0.29, 0.717) is 0 Å².